The molecule has 27 heavy (non-hydrogen) atoms. The Morgan fingerprint density at radius 2 is 1.48 bits per heavy atom. The first-order valence-electron chi connectivity index (χ1n) is 11.0. The number of aromatic amines is 1. The van der Waals surface area contributed by atoms with Gasteiger partial charge in [-0.3, -0.25) is 0 Å². The number of carbonyl (C=O) groups excluding carboxylic acids is 1. The Labute approximate surface area is 165 Å². The molecule has 0 radical (unpaired) electrons. The van der Waals surface area contributed by atoms with E-state index in [0.717, 1.165) is 19.3 Å². The molecule has 1 heterocycles. The first-order chi connectivity index (χ1) is 13.1. The Bertz CT molecular complexity index is 500. The highest BCUT2D eigenvalue weighted by molar-refractivity contribution is 5.72. The largest absolute Gasteiger partial charge is 0.549 e. The molecule has 1 aromatic heterocycles. The number of aromatic nitrogens is 2. The molecule has 2 unspecified atom stereocenters. The second-order valence-electron chi connectivity index (χ2n) is 7.79. The number of rotatable bonds is 17. The number of unbranched alkanes of at least 4 members (excludes halogenated alkanes) is 12. The minimum absolute atomic E-state index is 0.518. The molecule has 1 rings (SSSR count). The molecule has 0 saturated heterocycles. The maximum Gasteiger partial charge on any atom is 0.265 e. The van der Waals surface area contributed by atoms with E-state index in [2.05, 4.69) is 11.9 Å². The van der Waals surface area contributed by atoms with Gasteiger partial charge in [0.1, 0.15) is 12.4 Å². The van der Waals surface area contributed by atoms with Gasteiger partial charge in [-0.25, -0.2) is 9.55 Å². The van der Waals surface area contributed by atoms with Gasteiger partial charge in [-0.2, -0.15) is 0 Å². The summed E-state index contributed by atoms with van der Waals surface area (Å²) in [7, 11) is 0. The first-order valence-corrected chi connectivity index (χ1v) is 11.0. The Morgan fingerprint density at radius 1 is 1.00 bits per heavy atom. The lowest BCUT2D eigenvalue weighted by Crippen LogP contribution is -2.44. The summed E-state index contributed by atoms with van der Waals surface area (Å²) >= 11 is 0. The second kappa shape index (κ2) is 14.7. The summed E-state index contributed by atoms with van der Waals surface area (Å²) in [5.74, 6) is -1.25. The van der Waals surface area contributed by atoms with Crippen molar-refractivity contribution in [3.05, 3.63) is 18.2 Å². The summed E-state index contributed by atoms with van der Waals surface area (Å²) in [6.45, 7) is 3.87. The van der Waals surface area contributed by atoms with Crippen molar-refractivity contribution in [2.75, 3.05) is 0 Å². The van der Waals surface area contributed by atoms with Crippen LogP contribution < -0.4 is 9.67 Å². The van der Waals surface area contributed by atoms with E-state index in [1.165, 1.54) is 64.2 Å². The molecule has 2 N–H and O–H groups in total. The van der Waals surface area contributed by atoms with Crippen molar-refractivity contribution in [3.8, 4) is 0 Å². The van der Waals surface area contributed by atoms with E-state index in [4.69, 9.17) is 0 Å². The number of nitrogens with one attached hydrogen (secondary N) is 1. The van der Waals surface area contributed by atoms with Crippen molar-refractivity contribution >= 4 is 5.97 Å². The van der Waals surface area contributed by atoms with Crippen molar-refractivity contribution in [3.63, 3.8) is 0 Å². The maximum atomic E-state index is 11.5. The van der Waals surface area contributed by atoms with Gasteiger partial charge in [-0.15, -0.1) is 0 Å². The number of imidazole rings is 1. The minimum atomic E-state index is -1.08. The third kappa shape index (κ3) is 9.94. The number of H-pyrrole nitrogens is 1. The van der Waals surface area contributed by atoms with Gasteiger partial charge < -0.3 is 15.0 Å². The molecule has 0 saturated carbocycles. The fourth-order valence-corrected chi connectivity index (χ4v) is 3.70. The summed E-state index contributed by atoms with van der Waals surface area (Å²) in [5, 5.41) is 21.2. The molecule has 0 amide bonds. The monoisotopic (exact) mass is 380 g/mol. The van der Waals surface area contributed by atoms with Crippen molar-refractivity contribution in [2.24, 2.45) is 0 Å². The van der Waals surface area contributed by atoms with E-state index >= 15 is 0 Å². The van der Waals surface area contributed by atoms with E-state index in [9.17, 15) is 15.0 Å². The van der Waals surface area contributed by atoms with Gasteiger partial charge in [0.25, 0.3) is 5.82 Å². The number of hydrogen-bond donors (Lipinski definition) is 2. The topological polar surface area (TPSA) is 80.0 Å². The number of carboxylic acids is 1. The molecular formula is C22H40N2O3. The average Bonchev–Trinajstić information content (AvgIpc) is 3.11. The number of hydrogen-bond acceptors (Lipinski definition) is 3. The van der Waals surface area contributed by atoms with Gasteiger partial charge in [-0.1, -0.05) is 90.4 Å². The normalized spacial score (nSPS) is 13.6. The van der Waals surface area contributed by atoms with Gasteiger partial charge in [0.05, 0.1) is 11.9 Å². The van der Waals surface area contributed by atoms with Crippen LogP contribution in [0.2, 0.25) is 0 Å². The Kier molecular flexibility index (Phi) is 12.9. The lowest BCUT2D eigenvalue weighted by atomic mass is 9.99. The molecule has 0 bridgehead atoms. The quantitative estimate of drug-likeness (QED) is 0.315. The fourth-order valence-electron chi connectivity index (χ4n) is 3.70. The van der Waals surface area contributed by atoms with Gasteiger partial charge in [0, 0.05) is 6.92 Å². The lowest BCUT2D eigenvalue weighted by molar-refractivity contribution is -0.761. The number of carboxylic acid groups (broad SMARTS) is 1. The SMILES string of the molecule is CCCCCCCCCCCCCCCC(C(=O)[O-])c1[nH]cc[n+]1C(C)O. The van der Waals surface area contributed by atoms with Gasteiger partial charge in [-0.05, 0) is 6.42 Å². The highest BCUT2D eigenvalue weighted by Crippen LogP contribution is 2.20. The molecule has 5 nitrogen and oxygen atoms in total. The van der Waals surface area contributed by atoms with Gasteiger partial charge >= 0.3 is 0 Å². The molecule has 0 aliphatic rings. The Morgan fingerprint density at radius 3 is 1.93 bits per heavy atom. The van der Waals surface area contributed by atoms with Gasteiger partial charge in [0.2, 0.25) is 0 Å². The first kappa shape index (κ1) is 23.7. The Hall–Kier alpha value is -1.36. The van der Waals surface area contributed by atoms with Crippen LogP contribution in [-0.4, -0.2) is 16.1 Å². The second-order valence-corrected chi connectivity index (χ2v) is 7.79. The summed E-state index contributed by atoms with van der Waals surface area (Å²) in [4.78, 5) is 14.4. The number of carbonyl (C=O) groups is 1. The van der Waals surface area contributed by atoms with Crippen molar-refractivity contribution < 1.29 is 19.6 Å². The van der Waals surface area contributed by atoms with E-state index in [0.29, 0.717) is 12.2 Å². The number of nitrogens with zero attached hydrogens (tertiary/aromatic N) is 1. The molecular weight excluding hydrogens is 340 g/mol. The standard InChI is InChI=1S/C22H40N2O3/c1-3-4-5-6-7-8-9-10-11-12-13-14-15-16-20(22(26)27)21-23-17-18-24(21)19(2)25/h17-20,25H,3-16H2,1-2H3,(H,26,27). The molecule has 0 aliphatic carbocycles. The molecule has 0 fully saturated rings. The highest BCUT2D eigenvalue weighted by Gasteiger charge is 2.25. The van der Waals surface area contributed by atoms with Crippen molar-refractivity contribution in [1.82, 2.24) is 4.98 Å². The van der Waals surface area contributed by atoms with Crippen LogP contribution in [0.3, 0.4) is 0 Å². The third-order valence-corrected chi connectivity index (χ3v) is 5.36. The number of aliphatic hydroxyl groups is 1. The summed E-state index contributed by atoms with van der Waals surface area (Å²) in [5.41, 5.74) is 0. The van der Waals surface area contributed by atoms with E-state index < -0.39 is 18.1 Å². The smallest absolute Gasteiger partial charge is 0.265 e. The summed E-state index contributed by atoms with van der Waals surface area (Å²) < 4.78 is 1.56. The van der Waals surface area contributed by atoms with E-state index in [1.54, 1.807) is 23.9 Å². The molecule has 156 valence electrons. The van der Waals surface area contributed by atoms with Crippen LogP contribution in [0.4, 0.5) is 0 Å². The van der Waals surface area contributed by atoms with Crippen LogP contribution in [0.5, 0.6) is 0 Å². The molecule has 0 spiro atoms. The van der Waals surface area contributed by atoms with Crippen LogP contribution in [0.15, 0.2) is 12.4 Å². The Balaban J connectivity index is 2.09. The van der Waals surface area contributed by atoms with Crippen LogP contribution >= 0.6 is 0 Å². The predicted molar refractivity (Wildman–Crippen MR) is 106 cm³/mol. The predicted octanol–water partition coefficient (Wildman–Crippen LogP) is 4.13. The zero-order chi connectivity index (χ0) is 19.9. The minimum Gasteiger partial charge on any atom is -0.549 e. The van der Waals surface area contributed by atoms with Crippen LogP contribution in [0.25, 0.3) is 0 Å². The average molecular weight is 381 g/mol. The number of aliphatic carboxylic acids is 1. The van der Waals surface area contributed by atoms with Crippen molar-refractivity contribution in [2.45, 2.75) is 116 Å². The highest BCUT2D eigenvalue weighted by atomic mass is 16.4. The van der Waals surface area contributed by atoms with Gasteiger partial charge in [0.15, 0.2) is 6.23 Å². The molecule has 2 atom stereocenters. The van der Waals surface area contributed by atoms with Crippen LogP contribution in [-0.2, 0) is 4.79 Å². The zero-order valence-electron chi connectivity index (χ0n) is 17.4. The molecule has 0 aromatic carbocycles. The van der Waals surface area contributed by atoms with E-state index in [1.807, 2.05) is 0 Å². The molecule has 5 heteroatoms. The maximum absolute atomic E-state index is 11.5. The van der Waals surface area contributed by atoms with Crippen LogP contribution in [0.1, 0.15) is 122 Å². The summed E-state index contributed by atoms with van der Waals surface area (Å²) in [6.07, 6.45) is 19.6. The van der Waals surface area contributed by atoms with Crippen LogP contribution in [0, 0.1) is 0 Å². The summed E-state index contributed by atoms with van der Waals surface area (Å²) in [6, 6.07) is 0. The van der Waals surface area contributed by atoms with E-state index in [-0.39, 0.29) is 0 Å². The van der Waals surface area contributed by atoms with Crippen molar-refractivity contribution in [1.29, 1.82) is 0 Å². The third-order valence-electron chi connectivity index (χ3n) is 5.36. The fraction of sp³-hybridized carbons (Fsp3) is 0.818. The number of aliphatic hydroxyl groups excluding tert-OH is 1. The molecule has 1 aromatic rings. The zero-order valence-corrected chi connectivity index (χ0v) is 17.4. The lowest BCUT2D eigenvalue weighted by Gasteiger charge is -2.15. The molecule has 0 aliphatic heterocycles.